The van der Waals surface area contributed by atoms with Gasteiger partial charge in [0.05, 0.1) is 53.0 Å². The topological polar surface area (TPSA) is 135 Å². The summed E-state index contributed by atoms with van der Waals surface area (Å²) in [5.74, 6) is 5.97. The van der Waals surface area contributed by atoms with Crippen molar-refractivity contribution in [1.82, 2.24) is 10.2 Å². The highest BCUT2D eigenvalue weighted by molar-refractivity contribution is 8.04. The molecular formula is C31H40F4N4O6S2. The van der Waals surface area contributed by atoms with Crippen LogP contribution < -0.4 is 20.5 Å². The second-order valence-corrected chi connectivity index (χ2v) is 14.0. The molecule has 0 spiro atoms. The number of primary sulfonamides is 1. The van der Waals surface area contributed by atoms with Gasteiger partial charge in [0.15, 0.2) is 0 Å². The van der Waals surface area contributed by atoms with E-state index in [-0.39, 0.29) is 54.0 Å². The Kier molecular flexibility index (Phi) is 13.2. The van der Waals surface area contributed by atoms with Gasteiger partial charge in [-0.05, 0) is 36.2 Å². The van der Waals surface area contributed by atoms with E-state index in [0.717, 1.165) is 0 Å². The number of hydrogen-bond donors (Lipinski definition) is 4. The van der Waals surface area contributed by atoms with Gasteiger partial charge in [0.1, 0.15) is 18.5 Å². The molecule has 5 atom stereocenters. The summed E-state index contributed by atoms with van der Waals surface area (Å²) < 4.78 is 95.6. The molecule has 1 aromatic rings. The smallest absolute Gasteiger partial charge is 0.393 e. The lowest BCUT2D eigenvalue weighted by Crippen LogP contribution is -2.56. The van der Waals surface area contributed by atoms with Crippen molar-refractivity contribution in [3.8, 4) is 17.6 Å². The third-order valence-electron chi connectivity index (χ3n) is 7.73. The molecule has 2 aliphatic heterocycles. The lowest BCUT2D eigenvalue weighted by Gasteiger charge is -2.38. The highest BCUT2D eigenvalue weighted by atomic mass is 32.2. The predicted octanol–water partition coefficient (Wildman–Crippen LogP) is 2.97. The van der Waals surface area contributed by atoms with E-state index >= 15 is 4.39 Å². The minimum absolute atomic E-state index is 0.0174. The first kappa shape index (κ1) is 37.2. The minimum atomic E-state index is -4.47. The van der Waals surface area contributed by atoms with Gasteiger partial charge in [-0.25, -0.2) is 17.9 Å². The Labute approximate surface area is 276 Å². The van der Waals surface area contributed by atoms with Crippen molar-refractivity contribution < 1.29 is 45.3 Å². The molecule has 10 nitrogen and oxygen atoms in total. The number of halogens is 4. The number of fused-ring (bicyclic) bond motifs is 1. The third kappa shape index (κ3) is 10.7. The average molecular weight is 705 g/mol. The number of sulfonamides is 1. The Morgan fingerprint density at radius 3 is 2.70 bits per heavy atom. The number of hydrogen-bond acceptors (Lipinski definition) is 10. The number of aliphatic hydroxyl groups excluding tert-OH is 1. The number of aliphatic hydroxyl groups is 1. The lowest BCUT2D eigenvalue weighted by atomic mass is 9.90. The molecule has 2 heterocycles. The molecule has 1 saturated heterocycles. The molecule has 1 aromatic carbocycles. The predicted molar refractivity (Wildman–Crippen MR) is 172 cm³/mol. The Morgan fingerprint density at radius 1 is 1.23 bits per heavy atom. The molecule has 5 N–H and O–H groups in total. The Morgan fingerprint density at radius 2 is 2.02 bits per heavy atom. The van der Waals surface area contributed by atoms with Crippen molar-refractivity contribution >= 4 is 27.5 Å². The van der Waals surface area contributed by atoms with Crippen LogP contribution in [0.4, 0.5) is 23.2 Å². The first-order valence-electron chi connectivity index (χ1n) is 14.9. The minimum Gasteiger partial charge on any atom is -0.489 e. The maximum absolute atomic E-state index is 15.2. The van der Waals surface area contributed by atoms with E-state index < -0.39 is 52.2 Å². The number of nitrogens with one attached hydrogen (secondary N) is 2. The van der Waals surface area contributed by atoms with E-state index in [2.05, 4.69) is 22.5 Å². The molecular weight excluding hydrogens is 664 g/mol. The lowest BCUT2D eigenvalue weighted by molar-refractivity contribution is -0.126. The number of allylic oxidation sites excluding steroid dienone is 4. The fourth-order valence-electron chi connectivity index (χ4n) is 5.59. The van der Waals surface area contributed by atoms with Crippen LogP contribution >= 0.6 is 11.8 Å². The number of ether oxygens (including phenoxy) is 3. The maximum atomic E-state index is 15.2. The fraction of sp³-hybridized carbons (Fsp3) is 0.548. The number of thioether (sulfide) groups is 1. The van der Waals surface area contributed by atoms with Crippen molar-refractivity contribution in [2.75, 3.05) is 65.5 Å². The van der Waals surface area contributed by atoms with Gasteiger partial charge < -0.3 is 30.0 Å². The van der Waals surface area contributed by atoms with Crippen LogP contribution in [-0.2, 0) is 19.5 Å². The van der Waals surface area contributed by atoms with Crippen LogP contribution in [0.25, 0.3) is 0 Å². The van der Waals surface area contributed by atoms with E-state index in [1.165, 1.54) is 44.2 Å². The first-order valence-corrected chi connectivity index (χ1v) is 17.4. The van der Waals surface area contributed by atoms with Crippen LogP contribution in [0.1, 0.15) is 12.8 Å². The number of piperidine rings is 1. The second kappa shape index (κ2) is 16.7. The van der Waals surface area contributed by atoms with Gasteiger partial charge in [-0.3, -0.25) is 4.90 Å². The van der Waals surface area contributed by atoms with Crippen molar-refractivity contribution in [1.29, 1.82) is 0 Å². The van der Waals surface area contributed by atoms with Gasteiger partial charge in [0, 0.05) is 45.5 Å². The van der Waals surface area contributed by atoms with Crippen molar-refractivity contribution in [2.45, 2.75) is 53.5 Å². The highest BCUT2D eigenvalue weighted by Crippen LogP contribution is 2.48. The molecule has 47 heavy (non-hydrogen) atoms. The number of methoxy groups -OCH3 is 2. The maximum Gasteiger partial charge on any atom is 0.393 e. The van der Waals surface area contributed by atoms with E-state index in [9.17, 15) is 26.7 Å². The van der Waals surface area contributed by atoms with E-state index in [1.807, 2.05) is 11.0 Å². The number of nitrogens with two attached hydrogens (primary N) is 1. The number of alkyl halides is 4. The number of benzene rings is 1. The number of likely N-dealkylation sites (tertiary alicyclic amines) is 1. The van der Waals surface area contributed by atoms with E-state index in [0.29, 0.717) is 30.8 Å². The van der Waals surface area contributed by atoms with Gasteiger partial charge in [-0.1, -0.05) is 30.1 Å². The van der Waals surface area contributed by atoms with Crippen LogP contribution in [0, 0.1) is 11.8 Å². The summed E-state index contributed by atoms with van der Waals surface area (Å²) in [5, 5.41) is 21.2. The normalized spacial score (nSPS) is 24.0. The molecule has 4 rings (SSSR count). The summed E-state index contributed by atoms with van der Waals surface area (Å²) in [7, 11) is -1.01. The zero-order valence-electron chi connectivity index (χ0n) is 26.1. The van der Waals surface area contributed by atoms with E-state index in [4.69, 9.17) is 19.3 Å². The van der Waals surface area contributed by atoms with Crippen molar-refractivity contribution in [3.05, 3.63) is 52.5 Å². The van der Waals surface area contributed by atoms with Gasteiger partial charge in [0.25, 0.3) is 0 Å². The molecule has 0 saturated carbocycles. The monoisotopic (exact) mass is 704 g/mol. The summed E-state index contributed by atoms with van der Waals surface area (Å²) >= 11 is 1.22. The molecule has 0 bridgehead atoms. The van der Waals surface area contributed by atoms with Gasteiger partial charge in [-0.2, -0.15) is 13.2 Å². The second-order valence-electron chi connectivity index (χ2n) is 11.3. The van der Waals surface area contributed by atoms with Gasteiger partial charge >= 0.3 is 6.18 Å². The SMILES string of the molecule is COCCOc1cc(S(N)(=O)=O)ccc1NCC#CC1=C(CC(F)(F)F)C2=CC=CC(NC3CCN(CC(O)COC)CC3F)C2S1. The molecule has 0 aromatic heterocycles. The Bertz CT molecular complexity index is 1510. The van der Waals surface area contributed by atoms with Crippen LogP contribution in [0.5, 0.6) is 5.75 Å². The molecule has 1 fully saturated rings. The number of β-amino-alcohol motifs (C(OH)–C–C–N with tert-alkyl or cyclic N) is 1. The molecule has 1 aliphatic carbocycles. The molecule has 3 aliphatic rings. The zero-order valence-corrected chi connectivity index (χ0v) is 27.7. The highest BCUT2D eigenvalue weighted by Gasteiger charge is 2.42. The van der Waals surface area contributed by atoms with Crippen LogP contribution in [0.3, 0.4) is 0 Å². The number of anilines is 1. The largest absolute Gasteiger partial charge is 0.489 e. The zero-order chi connectivity index (χ0) is 34.2. The van der Waals surface area contributed by atoms with Crippen molar-refractivity contribution in [2.24, 2.45) is 5.14 Å². The summed E-state index contributed by atoms with van der Waals surface area (Å²) in [6, 6.07) is 3.11. The number of rotatable bonds is 14. The van der Waals surface area contributed by atoms with Crippen molar-refractivity contribution in [3.63, 3.8) is 0 Å². The first-order chi connectivity index (χ1) is 22.3. The summed E-state index contributed by atoms with van der Waals surface area (Å²) in [6.45, 7) is 1.53. The van der Waals surface area contributed by atoms with Crippen LogP contribution in [0.15, 0.2) is 57.4 Å². The van der Waals surface area contributed by atoms with E-state index in [1.54, 1.807) is 12.2 Å². The molecule has 0 radical (unpaired) electrons. The number of nitrogens with zero attached hydrogens (tertiary/aromatic N) is 1. The average Bonchev–Trinajstić information content (AvgIpc) is 3.33. The molecule has 260 valence electrons. The fourth-order valence-corrected chi connectivity index (χ4v) is 7.50. The standard InChI is InChI=1S/C31H40F4N4O6S2/c1-43-13-14-45-28-15-21(47(36,41)42)8-9-26(28)37-11-4-7-29-23(16-31(33,34)35)22-5-3-6-27(30(22)46-29)38-25-10-12-39(18-24(25)32)17-20(40)19-44-2/h3,5-6,8-9,15,20,24-25,27,30,37-38,40H,10-14,16-19H2,1-2H3,(H2,36,41,42). The van der Waals surface area contributed by atoms with Gasteiger partial charge in [0.2, 0.25) is 10.0 Å². The summed E-state index contributed by atoms with van der Waals surface area (Å²) in [5.41, 5.74) is 1.01. The van der Waals surface area contributed by atoms with Gasteiger partial charge in [-0.15, -0.1) is 11.8 Å². The quantitative estimate of drug-likeness (QED) is 0.130. The summed E-state index contributed by atoms with van der Waals surface area (Å²) in [6.07, 6.45) is -1.92. The molecule has 5 unspecified atom stereocenters. The molecule has 16 heteroatoms. The third-order valence-corrected chi connectivity index (χ3v) is 10.0. The molecule has 0 amide bonds. The Balaban J connectivity index is 1.45. The van der Waals surface area contributed by atoms with Crippen LogP contribution in [-0.4, -0.2) is 114 Å². The van der Waals surface area contributed by atoms with Crippen LogP contribution in [0.2, 0.25) is 0 Å². The summed E-state index contributed by atoms with van der Waals surface area (Å²) in [4.78, 5) is 1.98. The Hall–Kier alpha value is -2.62.